The lowest BCUT2D eigenvalue weighted by molar-refractivity contribution is 0.0776. The minimum absolute atomic E-state index is 0.103. The molecule has 2 aliphatic rings. The van der Waals surface area contributed by atoms with E-state index in [9.17, 15) is 27.6 Å². The molecule has 0 unspecified atom stereocenters. The molecule has 0 bridgehead atoms. The van der Waals surface area contributed by atoms with Crippen LogP contribution in [0.5, 0.6) is 5.75 Å². The quantitative estimate of drug-likeness (QED) is 0.356. The number of nitrogens with zero attached hydrogens (tertiary/aromatic N) is 3. The number of fused-ring (bicyclic) bond motifs is 2. The van der Waals surface area contributed by atoms with Crippen molar-refractivity contribution in [3.05, 3.63) is 69.9 Å². The van der Waals surface area contributed by atoms with Crippen LogP contribution in [0.15, 0.2) is 40.4 Å². The second-order valence-corrected chi connectivity index (χ2v) is 9.27. The molecule has 14 heteroatoms. The van der Waals surface area contributed by atoms with Gasteiger partial charge < -0.3 is 24.5 Å². The number of aromatic nitrogens is 3. The molecule has 4 heterocycles. The fraction of sp³-hybridized carbons (Fsp3) is 0.273. The maximum absolute atomic E-state index is 13.6. The Morgan fingerprint density at radius 2 is 1.97 bits per heavy atom. The van der Waals surface area contributed by atoms with Crippen molar-refractivity contribution in [2.75, 3.05) is 25.0 Å². The normalized spacial score (nSPS) is 19.1. The number of nitrogens with one attached hydrogen (secondary N) is 3. The van der Waals surface area contributed by atoms with Crippen molar-refractivity contribution in [2.45, 2.75) is 10.9 Å². The van der Waals surface area contributed by atoms with E-state index in [1.807, 2.05) is 0 Å². The number of aromatic amines is 1. The molecule has 0 saturated carbocycles. The van der Waals surface area contributed by atoms with Gasteiger partial charge in [-0.15, -0.1) is 0 Å². The summed E-state index contributed by atoms with van der Waals surface area (Å²) in [7, 11) is 1.62. The van der Waals surface area contributed by atoms with Gasteiger partial charge in [0.25, 0.3) is 17.4 Å². The summed E-state index contributed by atoms with van der Waals surface area (Å²) in [6.07, 6.45) is 3.97. The highest BCUT2D eigenvalue weighted by Gasteiger charge is 2.39. The number of ether oxygens (including phenoxy) is 1. The lowest BCUT2D eigenvalue weighted by atomic mass is 10.1. The number of hydrogen-bond donors (Lipinski definition) is 3. The van der Waals surface area contributed by atoms with E-state index in [0.717, 1.165) is 6.20 Å². The molecule has 10 nitrogen and oxygen atoms in total. The minimum atomic E-state index is -1.63. The molecular formula is C22H19F3N6O4S. The molecule has 36 heavy (non-hydrogen) atoms. The van der Waals surface area contributed by atoms with E-state index in [4.69, 9.17) is 4.74 Å². The van der Waals surface area contributed by atoms with Gasteiger partial charge >= 0.3 is 0 Å². The van der Waals surface area contributed by atoms with Crippen LogP contribution >= 0.6 is 11.9 Å². The van der Waals surface area contributed by atoms with Crippen molar-refractivity contribution in [2.24, 2.45) is 13.0 Å². The van der Waals surface area contributed by atoms with Crippen molar-refractivity contribution >= 4 is 29.4 Å². The van der Waals surface area contributed by atoms with E-state index in [2.05, 4.69) is 20.0 Å². The molecule has 1 saturated heterocycles. The van der Waals surface area contributed by atoms with E-state index in [-0.39, 0.29) is 47.3 Å². The first kappa shape index (κ1) is 23.9. The van der Waals surface area contributed by atoms with Crippen LogP contribution in [-0.2, 0) is 7.05 Å². The number of halogens is 3. The lowest BCUT2D eigenvalue weighted by Crippen LogP contribution is -2.36. The average molecular weight is 520 g/mol. The van der Waals surface area contributed by atoms with E-state index >= 15 is 0 Å². The Morgan fingerprint density at radius 3 is 2.67 bits per heavy atom. The van der Waals surface area contributed by atoms with Gasteiger partial charge in [0.1, 0.15) is 5.69 Å². The van der Waals surface area contributed by atoms with E-state index in [1.165, 1.54) is 22.7 Å². The molecule has 2 atom stereocenters. The summed E-state index contributed by atoms with van der Waals surface area (Å²) in [6, 6.07) is 1.26. The number of likely N-dealkylation sites (tertiary alicyclic amines) is 1. The highest BCUT2D eigenvalue weighted by Crippen LogP contribution is 2.37. The molecule has 2 aromatic heterocycles. The van der Waals surface area contributed by atoms with Crippen molar-refractivity contribution in [1.29, 1.82) is 0 Å². The third-order valence-corrected chi connectivity index (χ3v) is 6.87. The number of rotatable bonds is 3. The van der Waals surface area contributed by atoms with E-state index in [0.29, 0.717) is 30.1 Å². The van der Waals surface area contributed by atoms with Crippen molar-refractivity contribution in [3.63, 3.8) is 0 Å². The van der Waals surface area contributed by atoms with E-state index in [1.54, 1.807) is 18.1 Å². The number of carbonyl (C=O) groups is 2. The second kappa shape index (κ2) is 9.35. The molecule has 2 aliphatic heterocycles. The van der Waals surface area contributed by atoms with Crippen molar-refractivity contribution < 1.29 is 27.5 Å². The van der Waals surface area contributed by atoms with Gasteiger partial charge in [-0.2, -0.15) is 0 Å². The first-order valence-corrected chi connectivity index (χ1v) is 11.6. The average Bonchev–Trinajstić information content (AvgIpc) is 3.37. The summed E-state index contributed by atoms with van der Waals surface area (Å²) in [4.78, 5) is 45.5. The highest BCUT2D eigenvalue weighted by molar-refractivity contribution is 7.97. The molecule has 0 aliphatic carbocycles. The number of aryl methyl sites for hydroxylation is 1. The van der Waals surface area contributed by atoms with Gasteiger partial charge in [0.05, 0.1) is 17.7 Å². The fourth-order valence-electron chi connectivity index (χ4n) is 4.16. The highest BCUT2D eigenvalue weighted by atomic mass is 32.2. The van der Waals surface area contributed by atoms with Crippen LogP contribution in [0.1, 0.15) is 21.0 Å². The SMILES string of the molecule is Cn1cc2c(c1C(=O)Nc1cc(F)c(F)c(F)c1)OC[C@@H]1CN(C(=O)c3c[nH]c(=O)cn3)C[C@@H]1NS2. The Morgan fingerprint density at radius 1 is 1.22 bits per heavy atom. The Kier molecular flexibility index (Phi) is 6.22. The van der Waals surface area contributed by atoms with Gasteiger partial charge in [-0.1, -0.05) is 0 Å². The molecule has 3 N–H and O–H groups in total. The van der Waals surface area contributed by atoms with Gasteiger partial charge in [0, 0.05) is 62.3 Å². The number of carbonyl (C=O) groups excluding carboxylic acids is 2. The van der Waals surface area contributed by atoms with E-state index < -0.39 is 28.9 Å². The number of hydrogen-bond acceptors (Lipinski definition) is 7. The summed E-state index contributed by atoms with van der Waals surface area (Å²) in [5.41, 5.74) is -0.433. The molecular weight excluding hydrogens is 501 g/mol. The predicted octanol–water partition coefficient (Wildman–Crippen LogP) is 1.91. The monoisotopic (exact) mass is 520 g/mol. The summed E-state index contributed by atoms with van der Waals surface area (Å²) in [5.74, 6) is -5.36. The van der Waals surface area contributed by atoms with Crippen LogP contribution in [0.4, 0.5) is 18.9 Å². The smallest absolute Gasteiger partial charge is 0.276 e. The molecule has 5 rings (SSSR count). The third kappa shape index (κ3) is 4.44. The van der Waals surface area contributed by atoms with Gasteiger partial charge in [0.2, 0.25) is 0 Å². The molecule has 1 aromatic carbocycles. The zero-order valence-corrected chi connectivity index (χ0v) is 19.5. The Hall–Kier alpha value is -3.78. The summed E-state index contributed by atoms with van der Waals surface area (Å²) < 4.78 is 51.2. The zero-order chi connectivity index (χ0) is 25.6. The summed E-state index contributed by atoms with van der Waals surface area (Å²) in [6.45, 7) is 0.922. The molecule has 1 fully saturated rings. The number of benzene rings is 1. The van der Waals surface area contributed by atoms with Gasteiger partial charge in [-0.25, -0.2) is 18.2 Å². The van der Waals surface area contributed by atoms with Gasteiger partial charge in [-0.05, 0) is 11.9 Å². The molecule has 3 aromatic rings. The molecule has 0 radical (unpaired) electrons. The van der Waals surface area contributed by atoms with Crippen LogP contribution in [0.2, 0.25) is 0 Å². The molecule has 2 amide bonds. The maximum atomic E-state index is 13.6. The predicted molar refractivity (Wildman–Crippen MR) is 122 cm³/mol. The van der Waals surface area contributed by atoms with Gasteiger partial charge in [-0.3, -0.25) is 19.1 Å². The Bertz CT molecular complexity index is 1380. The fourth-order valence-corrected chi connectivity index (χ4v) is 5.16. The standard InChI is InChI=1S/C22H19F3N6O4S/c1-30-8-16-20(19(30)21(33)28-11-2-12(23)18(25)13(24)3-11)35-9-10-6-31(7-15(10)29-36-16)22(34)14-4-27-17(32)5-26-14/h2-5,8,10,15,29H,6-7,9H2,1H3,(H,27,32)(H,28,33)/t10-,15-/m0/s1. The zero-order valence-electron chi connectivity index (χ0n) is 18.7. The van der Waals surface area contributed by atoms with Crippen LogP contribution in [-0.4, -0.2) is 57.0 Å². The third-order valence-electron chi connectivity index (χ3n) is 5.94. The largest absolute Gasteiger partial charge is 0.489 e. The topological polar surface area (TPSA) is 121 Å². The second-order valence-electron chi connectivity index (χ2n) is 8.39. The van der Waals surface area contributed by atoms with Crippen LogP contribution < -0.4 is 20.3 Å². The summed E-state index contributed by atoms with van der Waals surface area (Å²) >= 11 is 1.23. The number of amides is 2. The minimum Gasteiger partial charge on any atom is -0.489 e. The molecule has 0 spiro atoms. The Balaban J connectivity index is 1.32. The molecule has 188 valence electrons. The maximum Gasteiger partial charge on any atom is 0.276 e. The first-order valence-electron chi connectivity index (χ1n) is 10.8. The van der Waals surface area contributed by atoms with Gasteiger partial charge in [0.15, 0.2) is 28.9 Å². The number of H-pyrrole nitrogens is 1. The first-order chi connectivity index (χ1) is 17.2. The van der Waals surface area contributed by atoms with Crippen LogP contribution in [0.25, 0.3) is 0 Å². The van der Waals surface area contributed by atoms with Crippen molar-refractivity contribution in [3.8, 4) is 5.75 Å². The van der Waals surface area contributed by atoms with Crippen LogP contribution in [0.3, 0.4) is 0 Å². The Labute approximate surface area is 206 Å². The number of anilines is 1. The van der Waals surface area contributed by atoms with Crippen LogP contribution in [0, 0.1) is 23.4 Å². The summed E-state index contributed by atoms with van der Waals surface area (Å²) in [5, 5.41) is 2.37. The van der Waals surface area contributed by atoms with Crippen molar-refractivity contribution in [1.82, 2.24) is 24.2 Å². The lowest BCUT2D eigenvalue weighted by Gasteiger charge is -2.23.